The third-order valence-electron chi connectivity index (χ3n) is 6.59. The first-order valence-corrected chi connectivity index (χ1v) is 11.9. The fourth-order valence-corrected chi connectivity index (χ4v) is 5.19. The maximum atomic E-state index is 14.7. The van der Waals surface area contributed by atoms with Gasteiger partial charge in [-0.05, 0) is 50.7 Å². The predicted octanol–water partition coefficient (Wildman–Crippen LogP) is 4.17. The van der Waals surface area contributed by atoms with Gasteiger partial charge in [0.2, 0.25) is 17.8 Å². The minimum Gasteiger partial charge on any atom is -0.393 e. The molecule has 2 fully saturated rings. The topological polar surface area (TPSA) is 131 Å². The number of aliphatic hydroxyl groups excluding tert-OH is 1. The quantitative estimate of drug-likeness (QED) is 0.393. The van der Waals surface area contributed by atoms with Crippen molar-refractivity contribution >= 4 is 57.9 Å². The minimum atomic E-state index is -0.606. The Morgan fingerprint density at radius 3 is 2.56 bits per heavy atom. The van der Waals surface area contributed by atoms with E-state index in [0.717, 1.165) is 0 Å². The SMILES string of the molecule is NC(=O)C1CCC(n2c(Nc3c(F)cc(Cl)cc3Cl)nc3cnc(NC4CC(O)C4)nc32)CC1. The van der Waals surface area contributed by atoms with Crippen LogP contribution in [0.4, 0.5) is 22.0 Å². The second-order valence-electron chi connectivity index (χ2n) is 8.95. The van der Waals surface area contributed by atoms with Gasteiger partial charge in [-0.2, -0.15) is 4.98 Å². The zero-order valence-corrected chi connectivity index (χ0v) is 19.7. The molecule has 5 rings (SSSR count). The summed E-state index contributed by atoms with van der Waals surface area (Å²) in [7, 11) is 0. The van der Waals surface area contributed by atoms with Gasteiger partial charge in [-0.15, -0.1) is 0 Å². The number of imidazole rings is 1. The number of amides is 1. The molecule has 34 heavy (non-hydrogen) atoms. The number of nitrogens with two attached hydrogens (primary N) is 1. The number of anilines is 3. The molecule has 0 bridgehead atoms. The molecule has 0 spiro atoms. The van der Waals surface area contributed by atoms with Crippen molar-refractivity contribution in [1.29, 1.82) is 0 Å². The molecule has 2 saturated carbocycles. The number of fused-ring (bicyclic) bond motifs is 1. The van der Waals surface area contributed by atoms with Gasteiger partial charge >= 0.3 is 0 Å². The molecule has 5 N–H and O–H groups in total. The van der Waals surface area contributed by atoms with Crippen LogP contribution < -0.4 is 16.4 Å². The van der Waals surface area contributed by atoms with Gasteiger partial charge in [-0.1, -0.05) is 23.2 Å². The number of rotatable bonds is 6. The zero-order chi connectivity index (χ0) is 24.0. The Morgan fingerprint density at radius 2 is 1.91 bits per heavy atom. The lowest BCUT2D eigenvalue weighted by Crippen LogP contribution is -2.39. The molecule has 2 aliphatic rings. The highest BCUT2D eigenvalue weighted by molar-refractivity contribution is 6.36. The molecule has 180 valence electrons. The highest BCUT2D eigenvalue weighted by Crippen LogP contribution is 2.38. The Morgan fingerprint density at radius 1 is 1.18 bits per heavy atom. The molecule has 0 atom stereocenters. The smallest absolute Gasteiger partial charge is 0.224 e. The van der Waals surface area contributed by atoms with Crippen molar-refractivity contribution in [2.45, 2.75) is 56.7 Å². The number of primary amides is 1. The van der Waals surface area contributed by atoms with E-state index in [9.17, 15) is 14.3 Å². The molecule has 2 heterocycles. The molecule has 3 aromatic rings. The Kier molecular flexibility index (Phi) is 6.22. The molecule has 0 radical (unpaired) electrons. The number of aliphatic hydroxyl groups is 1. The van der Waals surface area contributed by atoms with Crippen LogP contribution in [-0.2, 0) is 4.79 Å². The number of aromatic nitrogens is 4. The highest BCUT2D eigenvalue weighted by atomic mass is 35.5. The normalized spacial score (nSPS) is 24.6. The first-order valence-electron chi connectivity index (χ1n) is 11.2. The molecule has 1 aromatic carbocycles. The van der Waals surface area contributed by atoms with Gasteiger partial charge in [0.15, 0.2) is 5.65 Å². The van der Waals surface area contributed by atoms with Crippen molar-refractivity contribution in [2.75, 3.05) is 10.6 Å². The van der Waals surface area contributed by atoms with Gasteiger partial charge in [0.25, 0.3) is 0 Å². The summed E-state index contributed by atoms with van der Waals surface area (Å²) in [5.41, 5.74) is 6.68. The molecule has 0 unspecified atom stereocenters. The third-order valence-corrected chi connectivity index (χ3v) is 7.10. The van der Waals surface area contributed by atoms with E-state index in [-0.39, 0.29) is 45.7 Å². The molecular weight excluding hydrogens is 484 g/mol. The van der Waals surface area contributed by atoms with E-state index >= 15 is 0 Å². The Bertz CT molecular complexity index is 1220. The second-order valence-corrected chi connectivity index (χ2v) is 9.80. The monoisotopic (exact) mass is 507 g/mol. The van der Waals surface area contributed by atoms with E-state index in [0.29, 0.717) is 61.6 Å². The lowest BCUT2D eigenvalue weighted by atomic mass is 9.85. The van der Waals surface area contributed by atoms with E-state index in [4.69, 9.17) is 28.9 Å². The van der Waals surface area contributed by atoms with Crippen LogP contribution in [0.25, 0.3) is 11.2 Å². The molecule has 1 amide bonds. The van der Waals surface area contributed by atoms with E-state index in [2.05, 4.69) is 25.6 Å². The van der Waals surface area contributed by atoms with Crippen LogP contribution >= 0.6 is 23.2 Å². The van der Waals surface area contributed by atoms with Crippen LogP contribution in [0, 0.1) is 11.7 Å². The maximum Gasteiger partial charge on any atom is 0.224 e. The van der Waals surface area contributed by atoms with E-state index in [1.54, 1.807) is 6.20 Å². The van der Waals surface area contributed by atoms with Gasteiger partial charge < -0.3 is 21.5 Å². The van der Waals surface area contributed by atoms with E-state index in [1.165, 1.54) is 12.1 Å². The summed E-state index contributed by atoms with van der Waals surface area (Å²) in [6, 6.07) is 2.70. The number of benzene rings is 1. The molecule has 0 aliphatic heterocycles. The molecule has 12 heteroatoms. The lowest BCUT2D eigenvalue weighted by molar-refractivity contribution is -0.122. The summed E-state index contributed by atoms with van der Waals surface area (Å²) >= 11 is 12.2. The highest BCUT2D eigenvalue weighted by Gasteiger charge is 2.31. The van der Waals surface area contributed by atoms with Crippen LogP contribution in [-0.4, -0.2) is 42.7 Å². The van der Waals surface area contributed by atoms with Crippen LogP contribution in [0.15, 0.2) is 18.3 Å². The molecule has 0 saturated heterocycles. The molecule has 9 nitrogen and oxygen atoms in total. The predicted molar refractivity (Wildman–Crippen MR) is 128 cm³/mol. The van der Waals surface area contributed by atoms with Gasteiger partial charge in [0.05, 0.1) is 23.0 Å². The third kappa shape index (κ3) is 4.49. The number of halogens is 3. The number of hydrogen-bond acceptors (Lipinski definition) is 7. The lowest BCUT2D eigenvalue weighted by Gasteiger charge is -2.32. The van der Waals surface area contributed by atoms with Crippen molar-refractivity contribution < 1.29 is 14.3 Å². The summed E-state index contributed by atoms with van der Waals surface area (Å²) in [6.45, 7) is 0. The van der Waals surface area contributed by atoms with Gasteiger partial charge in [-0.3, -0.25) is 9.36 Å². The Labute approximate surface area is 204 Å². The van der Waals surface area contributed by atoms with Crippen LogP contribution in [0.3, 0.4) is 0 Å². The van der Waals surface area contributed by atoms with Crippen LogP contribution in [0.2, 0.25) is 10.0 Å². The summed E-state index contributed by atoms with van der Waals surface area (Å²) < 4.78 is 16.6. The summed E-state index contributed by atoms with van der Waals surface area (Å²) in [5.74, 6) is -0.267. The van der Waals surface area contributed by atoms with Crippen molar-refractivity contribution in [3.63, 3.8) is 0 Å². The average molecular weight is 508 g/mol. The molecule has 2 aliphatic carbocycles. The van der Waals surface area contributed by atoms with E-state index in [1.807, 2.05) is 4.57 Å². The van der Waals surface area contributed by atoms with Gasteiger partial charge in [0, 0.05) is 23.0 Å². The maximum absolute atomic E-state index is 14.7. The van der Waals surface area contributed by atoms with Crippen LogP contribution in [0.1, 0.15) is 44.6 Å². The summed E-state index contributed by atoms with van der Waals surface area (Å²) in [4.78, 5) is 25.3. The number of nitrogens with zero attached hydrogens (tertiary/aromatic N) is 4. The Hall–Kier alpha value is -2.69. The minimum absolute atomic E-state index is 0.0366. The van der Waals surface area contributed by atoms with Crippen molar-refractivity contribution in [3.8, 4) is 0 Å². The standard InChI is InChI=1S/C22H24Cl2FN7O2/c23-11-5-15(24)18(16(25)6-11)30-22-29-17-9-27-21(28-12-7-14(33)8-12)31-20(17)32(22)13-3-1-10(2-4-13)19(26)34/h5-6,9-10,12-14,33H,1-4,7-8H2,(H2,26,34)(H,29,30)(H,27,28,31). The van der Waals surface area contributed by atoms with Gasteiger partial charge in [-0.25, -0.2) is 14.4 Å². The number of nitrogens with one attached hydrogen (secondary N) is 2. The van der Waals surface area contributed by atoms with Crippen molar-refractivity contribution in [2.24, 2.45) is 11.7 Å². The summed E-state index contributed by atoms with van der Waals surface area (Å²) in [6.07, 6.45) is 5.24. The largest absolute Gasteiger partial charge is 0.393 e. The van der Waals surface area contributed by atoms with Crippen LogP contribution in [0.5, 0.6) is 0 Å². The fraction of sp³-hybridized carbons (Fsp3) is 0.455. The zero-order valence-electron chi connectivity index (χ0n) is 18.1. The first-order chi connectivity index (χ1) is 16.3. The second kappa shape index (κ2) is 9.16. The van der Waals surface area contributed by atoms with Crippen molar-refractivity contribution in [1.82, 2.24) is 19.5 Å². The fourth-order valence-electron chi connectivity index (χ4n) is 4.67. The average Bonchev–Trinajstić information content (AvgIpc) is 3.12. The van der Waals surface area contributed by atoms with Gasteiger partial charge in [0.1, 0.15) is 11.3 Å². The Balaban J connectivity index is 1.52. The number of carbonyl (C=O) groups is 1. The molecular formula is C22H24Cl2FN7O2. The van der Waals surface area contributed by atoms with E-state index < -0.39 is 5.82 Å². The first kappa shape index (κ1) is 23.1. The number of carbonyl (C=O) groups excluding carboxylic acids is 1. The molecule has 2 aromatic heterocycles. The number of hydrogen-bond donors (Lipinski definition) is 4. The summed E-state index contributed by atoms with van der Waals surface area (Å²) in [5, 5.41) is 16.1. The van der Waals surface area contributed by atoms with Crippen molar-refractivity contribution in [3.05, 3.63) is 34.2 Å².